The maximum Gasteiger partial charge on any atom is 0.431 e. The Labute approximate surface area is 173 Å². The molecule has 11 heteroatoms. The van der Waals surface area contributed by atoms with E-state index in [-0.39, 0.29) is 23.0 Å². The Hall–Kier alpha value is -2.26. The van der Waals surface area contributed by atoms with Crippen molar-refractivity contribution in [3.63, 3.8) is 0 Å². The van der Waals surface area contributed by atoms with Crippen molar-refractivity contribution < 1.29 is 17.6 Å². The quantitative estimate of drug-likeness (QED) is 0.494. The number of halogens is 6. The van der Waals surface area contributed by atoms with Crippen LogP contribution < -0.4 is 4.90 Å². The SMILES string of the molecule is Fc1ccc(Cl)c(CN2CCCc3nnc(C4=NN=C(C(F)(F)F)C4)cc32)c1Cl. The molecule has 1 aromatic carbocycles. The number of anilines is 1. The summed E-state index contributed by atoms with van der Waals surface area (Å²) in [4.78, 5) is 1.91. The number of hydrogen-bond donors (Lipinski definition) is 0. The molecule has 0 saturated carbocycles. The Bertz CT molecular complexity index is 1040. The molecule has 1 aromatic heterocycles. The van der Waals surface area contributed by atoms with E-state index in [4.69, 9.17) is 23.2 Å². The molecule has 0 unspecified atom stereocenters. The van der Waals surface area contributed by atoms with Crippen molar-refractivity contribution in [2.45, 2.75) is 32.0 Å². The lowest BCUT2D eigenvalue weighted by Crippen LogP contribution is -2.30. The molecule has 5 nitrogen and oxygen atoms in total. The number of benzene rings is 1. The second-order valence-electron chi connectivity index (χ2n) is 6.68. The summed E-state index contributed by atoms with van der Waals surface area (Å²) in [7, 11) is 0. The third kappa shape index (κ3) is 3.93. The van der Waals surface area contributed by atoms with Gasteiger partial charge in [-0.3, -0.25) is 0 Å². The smallest absolute Gasteiger partial charge is 0.365 e. The molecule has 0 atom stereocenters. The van der Waals surface area contributed by atoms with Crippen LogP contribution in [0.1, 0.15) is 29.8 Å². The van der Waals surface area contributed by atoms with E-state index in [0.717, 1.165) is 6.42 Å². The molecule has 29 heavy (non-hydrogen) atoms. The van der Waals surface area contributed by atoms with Crippen LogP contribution in [0.3, 0.4) is 0 Å². The fourth-order valence-electron chi connectivity index (χ4n) is 3.28. The zero-order chi connectivity index (χ0) is 20.8. The second kappa shape index (κ2) is 7.53. The first-order valence-corrected chi connectivity index (χ1v) is 9.44. The van der Waals surface area contributed by atoms with Crippen LogP contribution in [0.4, 0.5) is 23.2 Å². The van der Waals surface area contributed by atoms with Gasteiger partial charge in [-0.05, 0) is 31.0 Å². The minimum absolute atomic E-state index is 0.0600. The summed E-state index contributed by atoms with van der Waals surface area (Å²) >= 11 is 12.3. The second-order valence-corrected chi connectivity index (χ2v) is 7.46. The third-order valence-electron chi connectivity index (χ3n) is 4.77. The molecule has 2 aliphatic rings. The predicted molar refractivity (Wildman–Crippen MR) is 102 cm³/mol. The summed E-state index contributed by atoms with van der Waals surface area (Å²) in [6.45, 7) is 0.850. The lowest BCUT2D eigenvalue weighted by atomic mass is 10.0. The summed E-state index contributed by atoms with van der Waals surface area (Å²) in [5.74, 6) is -0.575. The zero-order valence-electron chi connectivity index (χ0n) is 14.8. The molecule has 152 valence electrons. The van der Waals surface area contributed by atoms with Gasteiger partial charge in [0.15, 0.2) is 0 Å². The fraction of sp³-hybridized carbons (Fsp3) is 0.333. The first kappa shape index (κ1) is 20.0. The van der Waals surface area contributed by atoms with Crippen molar-refractivity contribution >= 4 is 40.3 Å². The average Bonchev–Trinajstić information content (AvgIpc) is 3.19. The molecular formula is C18H13Cl2F4N5. The molecule has 0 radical (unpaired) electrons. The number of alkyl halides is 3. The van der Waals surface area contributed by atoms with E-state index in [2.05, 4.69) is 20.4 Å². The van der Waals surface area contributed by atoms with Crippen LogP contribution in [0.2, 0.25) is 10.0 Å². The molecule has 0 spiro atoms. The van der Waals surface area contributed by atoms with Crippen molar-refractivity contribution in [3.8, 4) is 0 Å². The van der Waals surface area contributed by atoms with Crippen molar-refractivity contribution in [1.29, 1.82) is 0 Å². The van der Waals surface area contributed by atoms with E-state index in [1.54, 1.807) is 6.07 Å². The van der Waals surface area contributed by atoms with Gasteiger partial charge in [0.2, 0.25) is 0 Å². The lowest BCUT2D eigenvalue weighted by Gasteiger charge is -2.31. The van der Waals surface area contributed by atoms with Crippen molar-refractivity contribution in [3.05, 3.63) is 51.0 Å². The summed E-state index contributed by atoms with van der Waals surface area (Å²) in [5.41, 5.74) is 1.15. The molecule has 2 aliphatic heterocycles. The standard InChI is InChI=1S/C18H13Cl2F4N5/c19-10-3-4-11(21)17(20)9(10)8-29-5-1-2-12-15(29)6-13(26-25-12)14-7-16(28-27-14)18(22,23)24/h3-4,6H,1-2,5,7-8H2. The predicted octanol–water partition coefficient (Wildman–Crippen LogP) is 4.99. The number of aryl methyl sites for hydroxylation is 1. The maximum absolute atomic E-state index is 13.9. The molecule has 0 amide bonds. The van der Waals surface area contributed by atoms with E-state index in [0.29, 0.717) is 34.9 Å². The molecule has 3 heterocycles. The van der Waals surface area contributed by atoms with Gasteiger partial charge in [-0.2, -0.15) is 23.4 Å². The average molecular weight is 446 g/mol. The third-order valence-corrected chi connectivity index (χ3v) is 5.53. The Kier molecular flexibility index (Phi) is 5.20. The molecule has 2 aromatic rings. The molecule has 0 saturated heterocycles. The minimum Gasteiger partial charge on any atom is -0.365 e. The van der Waals surface area contributed by atoms with Crippen molar-refractivity contribution in [2.24, 2.45) is 10.2 Å². The lowest BCUT2D eigenvalue weighted by molar-refractivity contribution is -0.0596. The topological polar surface area (TPSA) is 53.7 Å². The van der Waals surface area contributed by atoms with Gasteiger partial charge in [-0.25, -0.2) is 4.39 Å². The summed E-state index contributed by atoms with van der Waals surface area (Å²) in [5, 5.41) is 15.3. The highest BCUT2D eigenvalue weighted by Gasteiger charge is 2.39. The van der Waals surface area contributed by atoms with Gasteiger partial charge in [-0.15, -0.1) is 10.2 Å². The Balaban J connectivity index is 1.63. The van der Waals surface area contributed by atoms with E-state index in [9.17, 15) is 17.6 Å². The van der Waals surface area contributed by atoms with Gasteiger partial charge in [0.25, 0.3) is 0 Å². The summed E-state index contributed by atoms with van der Waals surface area (Å²) < 4.78 is 52.4. The van der Waals surface area contributed by atoms with E-state index in [1.165, 1.54) is 12.1 Å². The molecule has 0 aliphatic carbocycles. The first-order chi connectivity index (χ1) is 13.7. The van der Waals surface area contributed by atoms with E-state index < -0.39 is 24.1 Å². The highest BCUT2D eigenvalue weighted by molar-refractivity contribution is 6.36. The normalized spacial score (nSPS) is 16.6. The number of fused-ring (bicyclic) bond motifs is 1. The van der Waals surface area contributed by atoms with Gasteiger partial charge >= 0.3 is 6.18 Å². The molecule has 4 rings (SSSR count). The van der Waals surface area contributed by atoms with Gasteiger partial charge in [0.05, 0.1) is 22.1 Å². The van der Waals surface area contributed by atoms with Crippen molar-refractivity contribution in [2.75, 3.05) is 11.4 Å². The maximum atomic E-state index is 13.9. The largest absolute Gasteiger partial charge is 0.431 e. The van der Waals surface area contributed by atoms with Crippen LogP contribution in [0.15, 0.2) is 28.4 Å². The minimum atomic E-state index is -4.54. The number of aromatic nitrogens is 2. The van der Waals surface area contributed by atoms with E-state index >= 15 is 0 Å². The Morgan fingerprint density at radius 1 is 1.10 bits per heavy atom. The Morgan fingerprint density at radius 2 is 1.90 bits per heavy atom. The molecule has 0 fully saturated rings. The zero-order valence-corrected chi connectivity index (χ0v) is 16.3. The van der Waals surface area contributed by atoms with Crippen LogP contribution in [-0.2, 0) is 13.0 Å². The van der Waals surface area contributed by atoms with Crippen molar-refractivity contribution in [1.82, 2.24) is 10.2 Å². The Morgan fingerprint density at radius 3 is 2.62 bits per heavy atom. The van der Waals surface area contributed by atoms with Crippen LogP contribution in [-0.4, -0.2) is 34.3 Å². The van der Waals surface area contributed by atoms with Crippen LogP contribution in [0.25, 0.3) is 0 Å². The van der Waals surface area contributed by atoms with E-state index in [1.807, 2.05) is 4.90 Å². The monoisotopic (exact) mass is 445 g/mol. The highest BCUT2D eigenvalue weighted by Crippen LogP contribution is 2.33. The van der Waals surface area contributed by atoms with Gasteiger partial charge in [0.1, 0.15) is 17.2 Å². The number of hydrogen-bond acceptors (Lipinski definition) is 5. The van der Waals surface area contributed by atoms with Crippen LogP contribution in [0.5, 0.6) is 0 Å². The molecular weight excluding hydrogens is 433 g/mol. The van der Waals surface area contributed by atoms with Gasteiger partial charge in [0, 0.05) is 30.1 Å². The van der Waals surface area contributed by atoms with Gasteiger partial charge in [-0.1, -0.05) is 23.2 Å². The number of rotatable bonds is 3. The first-order valence-electron chi connectivity index (χ1n) is 8.69. The fourth-order valence-corrected chi connectivity index (χ4v) is 3.77. The number of nitrogens with zero attached hydrogens (tertiary/aromatic N) is 5. The van der Waals surface area contributed by atoms with Gasteiger partial charge < -0.3 is 4.90 Å². The summed E-state index contributed by atoms with van der Waals surface area (Å²) in [6, 6.07) is 4.26. The van der Waals surface area contributed by atoms with Crippen LogP contribution in [0, 0.1) is 5.82 Å². The summed E-state index contributed by atoms with van der Waals surface area (Å²) in [6.07, 6.45) is -3.54. The van der Waals surface area contributed by atoms with Crippen LogP contribution >= 0.6 is 23.2 Å². The molecule has 0 N–H and O–H groups in total. The molecule has 0 bridgehead atoms. The highest BCUT2D eigenvalue weighted by atomic mass is 35.5.